The zero-order valence-electron chi connectivity index (χ0n) is 17.7. The number of hydrogen-bond acceptors (Lipinski definition) is 4. The van der Waals surface area contributed by atoms with Crippen molar-refractivity contribution in [2.45, 2.75) is 58.4 Å². The molecule has 3 N–H and O–H groups in total. The number of amides is 2. The number of anilines is 1. The monoisotopic (exact) mass is 457 g/mol. The van der Waals surface area contributed by atoms with Gasteiger partial charge in [-0.05, 0) is 18.8 Å². The van der Waals surface area contributed by atoms with Gasteiger partial charge in [0.1, 0.15) is 11.4 Å². The summed E-state index contributed by atoms with van der Waals surface area (Å²) in [6.45, 7) is 3.36. The molecule has 0 saturated heterocycles. The number of nitrogens with zero attached hydrogens (tertiary/aromatic N) is 3. The van der Waals surface area contributed by atoms with Crippen molar-refractivity contribution in [3.63, 3.8) is 0 Å². The molecule has 1 saturated carbocycles. The molecular weight excluding hydrogens is 434 g/mol. The third-order valence-corrected chi connectivity index (χ3v) is 5.56. The maximum atomic E-state index is 14.1. The van der Waals surface area contributed by atoms with E-state index in [1.54, 1.807) is 6.92 Å². The molecule has 0 radical (unpaired) electrons. The summed E-state index contributed by atoms with van der Waals surface area (Å²) in [7, 11) is 0. The topological polar surface area (TPSA) is 117 Å². The molecule has 1 aliphatic rings. The summed E-state index contributed by atoms with van der Waals surface area (Å²) in [5.74, 6) is -8.12. The average Bonchev–Trinajstić information content (AvgIpc) is 3.11. The fourth-order valence-electron chi connectivity index (χ4n) is 4.09. The van der Waals surface area contributed by atoms with Gasteiger partial charge < -0.3 is 16.3 Å². The van der Waals surface area contributed by atoms with Gasteiger partial charge in [-0.2, -0.15) is 18.6 Å². The Balaban J connectivity index is 1.99. The third kappa shape index (κ3) is 4.68. The highest BCUT2D eigenvalue weighted by Crippen LogP contribution is 2.48. The summed E-state index contributed by atoms with van der Waals surface area (Å²) in [4.78, 5) is 24.4. The molecular formula is C20H23F4N5O3. The second kappa shape index (κ2) is 7.75. The fraction of sp³-hybridized carbons (Fsp3) is 0.500. The molecule has 2 heterocycles. The van der Waals surface area contributed by atoms with Crippen molar-refractivity contribution >= 4 is 17.5 Å². The number of primary amides is 1. The first kappa shape index (κ1) is 23.5. The van der Waals surface area contributed by atoms with Gasteiger partial charge in [0.2, 0.25) is 5.92 Å². The standard InChI is InChI=1S/C20H23F4N5O3/c1-11-14(17(31)26-12-4-7-29(32)13(8-12)16(25)30)28(27-15(11)19(3,21)22)10-18(2)5-6-20(23,24)9-18/h4,7-8H,5-6,9-10H2,1-3H3,(H2,25,30)(H,26,31). The van der Waals surface area contributed by atoms with Crippen LogP contribution in [0.15, 0.2) is 18.3 Å². The maximum absolute atomic E-state index is 14.1. The highest BCUT2D eigenvalue weighted by Gasteiger charge is 2.47. The van der Waals surface area contributed by atoms with Crippen LogP contribution in [0.5, 0.6) is 0 Å². The largest absolute Gasteiger partial charge is 0.618 e. The summed E-state index contributed by atoms with van der Waals surface area (Å²) in [6.07, 6.45) is 0.300. The van der Waals surface area contributed by atoms with E-state index in [-0.39, 0.29) is 41.1 Å². The first-order valence-corrected chi connectivity index (χ1v) is 9.80. The Morgan fingerprint density at radius 1 is 1.38 bits per heavy atom. The highest BCUT2D eigenvalue weighted by atomic mass is 19.3. The Morgan fingerprint density at radius 2 is 2.03 bits per heavy atom. The zero-order chi connectivity index (χ0) is 24.1. The first-order chi connectivity index (χ1) is 14.6. The zero-order valence-corrected chi connectivity index (χ0v) is 17.7. The van der Waals surface area contributed by atoms with Crippen LogP contribution in [0.2, 0.25) is 0 Å². The molecule has 2 amide bonds. The molecule has 32 heavy (non-hydrogen) atoms. The number of nitrogens with one attached hydrogen (secondary N) is 1. The number of halogens is 4. The maximum Gasteiger partial charge on any atom is 0.314 e. The van der Waals surface area contributed by atoms with E-state index >= 15 is 0 Å². The van der Waals surface area contributed by atoms with E-state index in [0.29, 0.717) is 6.92 Å². The number of aromatic nitrogens is 3. The lowest BCUT2D eigenvalue weighted by Gasteiger charge is -2.24. The number of pyridine rings is 1. The van der Waals surface area contributed by atoms with Crippen molar-refractivity contribution in [3.8, 4) is 0 Å². The van der Waals surface area contributed by atoms with Crippen molar-refractivity contribution in [2.24, 2.45) is 11.1 Å². The van der Waals surface area contributed by atoms with E-state index in [1.807, 2.05) is 0 Å². The second-order valence-electron chi connectivity index (χ2n) is 8.66. The van der Waals surface area contributed by atoms with Crippen molar-refractivity contribution in [2.75, 3.05) is 5.32 Å². The average molecular weight is 457 g/mol. The lowest BCUT2D eigenvalue weighted by atomic mass is 9.88. The van der Waals surface area contributed by atoms with Crippen LogP contribution in [0, 0.1) is 17.5 Å². The lowest BCUT2D eigenvalue weighted by Crippen LogP contribution is -2.37. The summed E-state index contributed by atoms with van der Waals surface area (Å²) in [6, 6.07) is 2.24. The van der Waals surface area contributed by atoms with E-state index in [2.05, 4.69) is 10.4 Å². The van der Waals surface area contributed by atoms with E-state index in [1.165, 1.54) is 13.0 Å². The molecule has 174 valence electrons. The highest BCUT2D eigenvalue weighted by molar-refractivity contribution is 6.04. The molecule has 1 aliphatic carbocycles. The predicted octanol–water partition coefficient (Wildman–Crippen LogP) is 3.11. The van der Waals surface area contributed by atoms with Crippen molar-refractivity contribution in [1.29, 1.82) is 0 Å². The quantitative estimate of drug-likeness (QED) is 0.394. The molecule has 12 heteroatoms. The predicted molar refractivity (Wildman–Crippen MR) is 105 cm³/mol. The number of alkyl halides is 4. The molecule has 0 spiro atoms. The van der Waals surface area contributed by atoms with Gasteiger partial charge in [-0.1, -0.05) is 6.92 Å². The lowest BCUT2D eigenvalue weighted by molar-refractivity contribution is -0.607. The van der Waals surface area contributed by atoms with Gasteiger partial charge in [0.25, 0.3) is 17.5 Å². The van der Waals surface area contributed by atoms with Gasteiger partial charge in [0, 0.05) is 44.0 Å². The molecule has 1 fully saturated rings. The number of carbonyl (C=O) groups is 2. The van der Waals surface area contributed by atoms with Crippen LogP contribution < -0.4 is 15.8 Å². The van der Waals surface area contributed by atoms with E-state index < -0.39 is 46.9 Å². The second-order valence-corrected chi connectivity index (χ2v) is 8.66. The molecule has 1 atom stereocenters. The summed E-state index contributed by atoms with van der Waals surface area (Å²) in [5.41, 5.74) is 2.79. The molecule has 0 aromatic carbocycles. The van der Waals surface area contributed by atoms with Crippen LogP contribution in [0.25, 0.3) is 0 Å². The van der Waals surface area contributed by atoms with Crippen molar-refractivity contribution < 1.29 is 31.9 Å². The van der Waals surface area contributed by atoms with Crippen LogP contribution in [0.4, 0.5) is 23.2 Å². The number of hydrogen-bond donors (Lipinski definition) is 2. The minimum atomic E-state index is -3.37. The van der Waals surface area contributed by atoms with Crippen LogP contribution >= 0.6 is 0 Å². The Kier molecular flexibility index (Phi) is 5.69. The van der Waals surface area contributed by atoms with Gasteiger partial charge in [-0.3, -0.25) is 14.3 Å². The van der Waals surface area contributed by atoms with Gasteiger partial charge in [0.05, 0.1) is 5.69 Å². The van der Waals surface area contributed by atoms with Gasteiger partial charge in [-0.15, -0.1) is 0 Å². The van der Waals surface area contributed by atoms with Crippen molar-refractivity contribution in [3.05, 3.63) is 46.2 Å². The van der Waals surface area contributed by atoms with Gasteiger partial charge in [0.15, 0.2) is 6.20 Å². The summed E-state index contributed by atoms with van der Waals surface area (Å²) >= 11 is 0. The minimum absolute atomic E-state index is 0.0199. The van der Waals surface area contributed by atoms with Crippen LogP contribution in [-0.4, -0.2) is 27.5 Å². The molecule has 2 aromatic heterocycles. The number of carbonyl (C=O) groups excluding carboxylic acids is 2. The Hall–Kier alpha value is -3.18. The molecule has 8 nitrogen and oxygen atoms in total. The molecule has 3 rings (SSSR count). The fourth-order valence-corrected chi connectivity index (χ4v) is 4.09. The van der Waals surface area contributed by atoms with Gasteiger partial charge in [-0.25, -0.2) is 8.78 Å². The Bertz CT molecular complexity index is 1080. The third-order valence-electron chi connectivity index (χ3n) is 5.56. The van der Waals surface area contributed by atoms with Gasteiger partial charge >= 0.3 is 5.91 Å². The Labute approximate surface area is 181 Å². The normalized spacial score (nSPS) is 20.3. The Morgan fingerprint density at radius 3 is 2.56 bits per heavy atom. The SMILES string of the molecule is Cc1c(C(C)(F)F)nn(CC2(C)CCC(F)(F)C2)c1C(=O)Nc1cc[n+]([O-])c(C(N)=O)c1. The molecule has 2 aromatic rings. The molecule has 0 bridgehead atoms. The minimum Gasteiger partial charge on any atom is -0.618 e. The van der Waals surface area contributed by atoms with Crippen molar-refractivity contribution in [1.82, 2.24) is 9.78 Å². The van der Waals surface area contributed by atoms with Crippen LogP contribution in [0.1, 0.15) is 65.3 Å². The molecule has 0 aliphatic heterocycles. The summed E-state index contributed by atoms with van der Waals surface area (Å²) in [5, 5.41) is 17.9. The number of nitrogens with two attached hydrogens (primary N) is 1. The van der Waals surface area contributed by atoms with E-state index in [9.17, 15) is 32.4 Å². The number of rotatable bonds is 6. The summed E-state index contributed by atoms with van der Waals surface area (Å²) < 4.78 is 57.1. The van der Waals surface area contributed by atoms with Crippen LogP contribution in [0.3, 0.4) is 0 Å². The molecule has 1 unspecified atom stereocenters. The van der Waals surface area contributed by atoms with E-state index in [0.717, 1.165) is 16.9 Å². The first-order valence-electron chi connectivity index (χ1n) is 9.80. The van der Waals surface area contributed by atoms with E-state index in [4.69, 9.17) is 5.73 Å². The van der Waals surface area contributed by atoms with Crippen LogP contribution in [-0.2, 0) is 12.5 Å². The smallest absolute Gasteiger partial charge is 0.314 e.